The van der Waals surface area contributed by atoms with Crippen LogP contribution in [0.5, 0.6) is 0 Å². The Morgan fingerprint density at radius 1 is 1.15 bits per heavy atom. The highest BCUT2D eigenvalue weighted by Gasteiger charge is 2.65. The number of hydrogen-bond acceptors (Lipinski definition) is 6. The van der Waals surface area contributed by atoms with Crippen LogP contribution in [0.15, 0.2) is 34.9 Å². The first-order valence-electron chi connectivity index (χ1n) is 15.5. The Morgan fingerprint density at radius 3 is 2.49 bits per heavy atom. The Hall–Kier alpha value is -2.61. The Kier molecular flexibility index (Phi) is 6.28. The monoisotopic (exact) mass is 564 g/mol. The zero-order valence-electron chi connectivity index (χ0n) is 24.4. The van der Waals surface area contributed by atoms with E-state index in [1.165, 1.54) is 25.0 Å². The second-order valence-corrected chi connectivity index (χ2v) is 14.5. The minimum Gasteiger partial charge on any atom is -0.370 e. The lowest BCUT2D eigenvalue weighted by Crippen LogP contribution is -2.52. The molecule has 1 N–H and O–H groups in total. The lowest BCUT2D eigenvalue weighted by Gasteiger charge is -2.54. The highest BCUT2D eigenvalue weighted by Crippen LogP contribution is 2.64. The Morgan fingerprint density at radius 2 is 1.90 bits per heavy atom. The smallest absolute Gasteiger partial charge is 0.263 e. The van der Waals surface area contributed by atoms with Gasteiger partial charge in [-0.15, -0.1) is 0 Å². The maximum atomic E-state index is 15.2. The predicted octanol–water partition coefficient (Wildman–Crippen LogP) is 6.46. The van der Waals surface area contributed by atoms with Gasteiger partial charge in [0.2, 0.25) is 0 Å². The summed E-state index contributed by atoms with van der Waals surface area (Å²) in [6.07, 6.45) is 11.7. The molecule has 1 atom stereocenters. The summed E-state index contributed by atoms with van der Waals surface area (Å²) < 4.78 is 35.0. The van der Waals surface area contributed by atoms with Crippen molar-refractivity contribution >= 4 is 17.5 Å². The van der Waals surface area contributed by atoms with Crippen molar-refractivity contribution in [1.29, 1.82) is 0 Å². The van der Waals surface area contributed by atoms with Crippen LogP contribution in [0.4, 0.5) is 14.5 Å². The number of carbonyl (C=O) groups excluding carboxylic acids is 1. The summed E-state index contributed by atoms with van der Waals surface area (Å²) in [5.41, 5.74) is 0.240. The standard InChI is InChI=1S/C33H42F2N4O2/c1-29(2,34)28-37-27(38-41-28)31-11-8-30(9-12-31,10-13-31)20-39(21-32(22-40)19-33(35)17-25(32)18-33)26-5-3-4-24(16-26)23-6-14-36-15-7-23/h3-6,16,22,25,36H,7-15,17-21H2,1-2H3. The van der Waals surface area contributed by atoms with Gasteiger partial charge in [-0.1, -0.05) is 23.4 Å². The number of aldehydes is 1. The fourth-order valence-electron chi connectivity index (χ4n) is 8.77. The predicted molar refractivity (Wildman–Crippen MR) is 154 cm³/mol. The average molecular weight is 565 g/mol. The summed E-state index contributed by atoms with van der Waals surface area (Å²) in [4.78, 5) is 19.6. The van der Waals surface area contributed by atoms with Gasteiger partial charge in [-0.05, 0) is 119 Å². The maximum absolute atomic E-state index is 15.2. The van der Waals surface area contributed by atoms with E-state index in [0.717, 1.165) is 76.6 Å². The number of halogens is 2. The van der Waals surface area contributed by atoms with Crippen molar-refractivity contribution < 1.29 is 18.1 Å². The highest BCUT2D eigenvalue weighted by atomic mass is 19.1. The van der Waals surface area contributed by atoms with Crippen molar-refractivity contribution in [2.75, 3.05) is 31.1 Å². The quantitative estimate of drug-likeness (QED) is 0.353. The molecule has 220 valence electrons. The van der Waals surface area contributed by atoms with Gasteiger partial charge >= 0.3 is 0 Å². The zero-order chi connectivity index (χ0) is 28.5. The molecule has 7 aliphatic rings. The van der Waals surface area contributed by atoms with Crippen molar-refractivity contribution in [1.82, 2.24) is 15.5 Å². The Labute approximate surface area is 241 Å². The van der Waals surface area contributed by atoms with Crippen molar-refractivity contribution in [3.8, 4) is 0 Å². The first-order valence-corrected chi connectivity index (χ1v) is 15.5. The van der Waals surface area contributed by atoms with Crippen molar-refractivity contribution in [2.24, 2.45) is 16.7 Å². The molecule has 1 unspecified atom stereocenters. The van der Waals surface area contributed by atoms with Crippen LogP contribution in [0.2, 0.25) is 0 Å². The van der Waals surface area contributed by atoms with Crippen LogP contribution in [0.1, 0.15) is 95.3 Å². The van der Waals surface area contributed by atoms with Gasteiger partial charge in [-0.2, -0.15) is 4.98 Å². The molecular formula is C33H42F2N4O2. The number of aromatic nitrogens is 2. The second kappa shape index (κ2) is 9.45. The molecule has 6 saturated carbocycles. The van der Waals surface area contributed by atoms with Gasteiger partial charge in [-0.25, -0.2) is 8.78 Å². The molecule has 0 amide bonds. The van der Waals surface area contributed by atoms with Crippen LogP contribution < -0.4 is 10.2 Å². The maximum Gasteiger partial charge on any atom is 0.263 e. The van der Waals surface area contributed by atoms with Gasteiger partial charge in [0.1, 0.15) is 12.0 Å². The summed E-state index contributed by atoms with van der Waals surface area (Å²) in [6.45, 7) is 6.18. The van der Waals surface area contributed by atoms with E-state index in [1.807, 2.05) is 0 Å². The molecule has 1 aromatic heterocycles. The summed E-state index contributed by atoms with van der Waals surface area (Å²) >= 11 is 0. The fraction of sp³-hybridized carbons (Fsp3) is 0.667. The number of anilines is 1. The molecule has 0 spiro atoms. The van der Waals surface area contributed by atoms with Gasteiger partial charge in [-0.3, -0.25) is 0 Å². The van der Waals surface area contributed by atoms with E-state index in [-0.39, 0.29) is 22.6 Å². The molecule has 0 saturated heterocycles. The number of hydrogen-bond donors (Lipinski definition) is 1. The first-order chi connectivity index (χ1) is 19.6. The number of benzene rings is 1. The number of nitrogens with one attached hydrogen (secondary N) is 1. The number of carbonyl (C=O) groups is 1. The molecule has 6 nitrogen and oxygen atoms in total. The van der Waals surface area contributed by atoms with Crippen LogP contribution in [0.25, 0.3) is 5.57 Å². The lowest BCUT2D eigenvalue weighted by molar-refractivity contribution is -0.117. The topological polar surface area (TPSA) is 71.3 Å². The van der Waals surface area contributed by atoms with E-state index >= 15 is 4.39 Å². The normalized spacial score (nSPS) is 36.1. The number of nitrogens with zero attached hydrogens (tertiary/aromatic N) is 3. The SMILES string of the molecule is CC(C)(F)c1nc(C23CCC(CN(CC4(C=O)CC5(F)CC4C5)c4cccc(C5=CCNCC5)c4)(CC2)CC3)no1. The van der Waals surface area contributed by atoms with Crippen molar-refractivity contribution in [3.05, 3.63) is 47.6 Å². The molecule has 0 radical (unpaired) electrons. The third kappa shape index (κ3) is 4.65. The van der Waals surface area contributed by atoms with Gasteiger partial charge in [0.05, 0.1) is 0 Å². The Balaban J connectivity index is 1.16. The number of rotatable bonds is 9. The van der Waals surface area contributed by atoms with Crippen LogP contribution >= 0.6 is 0 Å². The number of fused-ring (bicyclic) bond motifs is 4. The largest absolute Gasteiger partial charge is 0.370 e. The van der Waals surface area contributed by atoms with Crippen LogP contribution in [0.3, 0.4) is 0 Å². The molecule has 1 aromatic carbocycles. The van der Waals surface area contributed by atoms with Crippen LogP contribution in [0, 0.1) is 16.7 Å². The molecule has 41 heavy (non-hydrogen) atoms. The fourth-order valence-corrected chi connectivity index (χ4v) is 8.77. The highest BCUT2D eigenvalue weighted by molar-refractivity contribution is 5.71. The molecule has 1 aliphatic heterocycles. The molecule has 6 aliphatic carbocycles. The van der Waals surface area contributed by atoms with Crippen molar-refractivity contribution in [2.45, 2.75) is 94.8 Å². The van der Waals surface area contributed by atoms with Gasteiger partial charge in [0, 0.05) is 36.2 Å². The minimum absolute atomic E-state index is 0.0546. The molecule has 4 bridgehead atoms. The molecule has 2 aromatic rings. The zero-order valence-corrected chi connectivity index (χ0v) is 24.4. The molecular weight excluding hydrogens is 522 g/mol. The second-order valence-electron chi connectivity index (χ2n) is 14.5. The molecule has 6 fully saturated rings. The van der Waals surface area contributed by atoms with E-state index in [0.29, 0.717) is 31.6 Å². The summed E-state index contributed by atoms with van der Waals surface area (Å²) in [6, 6.07) is 8.76. The number of alkyl halides is 2. The van der Waals surface area contributed by atoms with Crippen LogP contribution in [-0.4, -0.2) is 48.3 Å². The van der Waals surface area contributed by atoms with E-state index in [4.69, 9.17) is 4.52 Å². The molecule has 8 heteroatoms. The van der Waals surface area contributed by atoms with Gasteiger partial charge in [0.25, 0.3) is 5.89 Å². The van der Waals surface area contributed by atoms with Gasteiger partial charge in [0.15, 0.2) is 11.5 Å². The third-order valence-electron chi connectivity index (χ3n) is 11.4. The molecule has 9 rings (SSSR count). The Bertz CT molecular complexity index is 1330. The first kappa shape index (κ1) is 27.2. The van der Waals surface area contributed by atoms with E-state index < -0.39 is 16.8 Å². The van der Waals surface area contributed by atoms with Crippen LogP contribution in [-0.2, 0) is 15.9 Å². The van der Waals surface area contributed by atoms with E-state index in [9.17, 15) is 9.18 Å². The summed E-state index contributed by atoms with van der Waals surface area (Å²) in [5, 5.41) is 7.64. The van der Waals surface area contributed by atoms with E-state index in [2.05, 4.69) is 50.7 Å². The van der Waals surface area contributed by atoms with Crippen molar-refractivity contribution in [3.63, 3.8) is 0 Å². The van der Waals surface area contributed by atoms with Gasteiger partial charge < -0.3 is 19.5 Å². The summed E-state index contributed by atoms with van der Waals surface area (Å²) in [7, 11) is 0. The summed E-state index contributed by atoms with van der Waals surface area (Å²) in [5.74, 6) is 0.849. The average Bonchev–Trinajstić information content (AvgIpc) is 3.66. The van der Waals surface area contributed by atoms with E-state index in [1.54, 1.807) is 0 Å². The minimum atomic E-state index is -1.65. The molecule has 2 heterocycles. The lowest BCUT2D eigenvalue weighted by atomic mass is 9.53. The third-order valence-corrected chi connectivity index (χ3v) is 11.4.